The van der Waals surface area contributed by atoms with Crippen molar-refractivity contribution in [2.24, 2.45) is 5.92 Å². The van der Waals surface area contributed by atoms with Crippen LogP contribution in [0.15, 0.2) is 0 Å². The van der Waals surface area contributed by atoms with Gasteiger partial charge in [-0.25, -0.2) is 0 Å². The van der Waals surface area contributed by atoms with Gasteiger partial charge in [-0.05, 0) is 12.3 Å². The summed E-state index contributed by atoms with van der Waals surface area (Å²) >= 11 is 0. The number of unbranched alkanes of at least 4 members (excludes halogenated alkanes) is 1. The standard InChI is InChI=1S/C12H22O4.Na.H/c1-10(2)6-4-5-7-12(14)16-9-8-15-11(3)13;;/h10H,4-9H2,1-3H3;;. The molecule has 0 amide bonds. The SMILES string of the molecule is CC(=O)OCCOC(=O)CCCCC(C)C.[NaH]. The Bertz CT molecular complexity index is 217. The van der Waals surface area contributed by atoms with E-state index in [9.17, 15) is 9.59 Å². The Balaban J connectivity index is 0. The van der Waals surface area contributed by atoms with Crippen LogP contribution in [-0.4, -0.2) is 54.7 Å². The minimum atomic E-state index is -0.354. The zero-order valence-corrected chi connectivity index (χ0v) is 10.5. The van der Waals surface area contributed by atoms with Crippen LogP contribution in [0.2, 0.25) is 0 Å². The number of rotatable bonds is 8. The molecule has 0 atom stereocenters. The molecule has 0 aromatic rings. The van der Waals surface area contributed by atoms with Gasteiger partial charge in [0.15, 0.2) is 0 Å². The van der Waals surface area contributed by atoms with Crippen LogP contribution < -0.4 is 0 Å². The fourth-order valence-corrected chi connectivity index (χ4v) is 1.23. The number of hydrogen-bond acceptors (Lipinski definition) is 4. The predicted molar refractivity (Wildman–Crippen MR) is 68.0 cm³/mol. The third-order valence-corrected chi connectivity index (χ3v) is 2.06. The van der Waals surface area contributed by atoms with E-state index in [2.05, 4.69) is 18.6 Å². The van der Waals surface area contributed by atoms with Crippen molar-refractivity contribution in [3.63, 3.8) is 0 Å². The van der Waals surface area contributed by atoms with Gasteiger partial charge in [-0.3, -0.25) is 9.59 Å². The summed E-state index contributed by atoms with van der Waals surface area (Å²) in [5.74, 6) is 0.115. The van der Waals surface area contributed by atoms with Crippen LogP contribution in [0.5, 0.6) is 0 Å². The second-order valence-electron chi connectivity index (χ2n) is 4.20. The number of esters is 2. The molecule has 0 aliphatic heterocycles. The summed E-state index contributed by atoms with van der Waals surface area (Å²) in [6, 6.07) is 0. The van der Waals surface area contributed by atoms with Gasteiger partial charge in [-0.15, -0.1) is 0 Å². The van der Waals surface area contributed by atoms with Gasteiger partial charge in [0.25, 0.3) is 0 Å². The number of carbonyl (C=O) groups excluding carboxylic acids is 2. The Morgan fingerprint density at radius 1 is 1.06 bits per heavy atom. The third-order valence-electron chi connectivity index (χ3n) is 2.06. The van der Waals surface area contributed by atoms with E-state index < -0.39 is 0 Å². The molecule has 0 aliphatic carbocycles. The van der Waals surface area contributed by atoms with E-state index in [-0.39, 0.29) is 54.7 Å². The monoisotopic (exact) mass is 254 g/mol. The van der Waals surface area contributed by atoms with Gasteiger partial charge in [0, 0.05) is 13.3 Å². The Kier molecular flexibility index (Phi) is 14.1. The second-order valence-corrected chi connectivity index (χ2v) is 4.20. The van der Waals surface area contributed by atoms with Crippen LogP contribution in [0.3, 0.4) is 0 Å². The molecule has 5 heteroatoms. The fourth-order valence-electron chi connectivity index (χ4n) is 1.23. The van der Waals surface area contributed by atoms with Gasteiger partial charge in [0.2, 0.25) is 0 Å². The molecular weight excluding hydrogens is 231 g/mol. The summed E-state index contributed by atoms with van der Waals surface area (Å²) in [5.41, 5.74) is 0. The summed E-state index contributed by atoms with van der Waals surface area (Å²) < 4.78 is 9.52. The van der Waals surface area contributed by atoms with Crippen molar-refractivity contribution in [2.75, 3.05) is 13.2 Å². The first-order chi connectivity index (χ1) is 7.52. The molecule has 0 spiro atoms. The van der Waals surface area contributed by atoms with Crippen LogP contribution in [0, 0.1) is 5.92 Å². The Morgan fingerprint density at radius 2 is 1.65 bits per heavy atom. The molecule has 0 saturated carbocycles. The summed E-state index contributed by atoms with van der Waals surface area (Å²) in [6.07, 6.45) is 3.51. The first-order valence-corrected chi connectivity index (χ1v) is 5.81. The van der Waals surface area contributed by atoms with E-state index in [0.717, 1.165) is 19.3 Å². The third kappa shape index (κ3) is 15.9. The van der Waals surface area contributed by atoms with E-state index in [1.165, 1.54) is 6.92 Å². The summed E-state index contributed by atoms with van der Waals surface area (Å²) in [7, 11) is 0. The van der Waals surface area contributed by atoms with Crippen LogP contribution in [0.4, 0.5) is 0 Å². The molecule has 0 unspecified atom stereocenters. The normalized spacial score (nSPS) is 9.65. The Morgan fingerprint density at radius 3 is 2.18 bits per heavy atom. The second kappa shape index (κ2) is 12.4. The number of hydrogen-bond donors (Lipinski definition) is 0. The van der Waals surface area contributed by atoms with Crippen molar-refractivity contribution in [1.82, 2.24) is 0 Å². The minimum absolute atomic E-state index is 0. The topological polar surface area (TPSA) is 52.6 Å². The van der Waals surface area contributed by atoms with Crippen molar-refractivity contribution in [3.05, 3.63) is 0 Å². The van der Waals surface area contributed by atoms with Crippen LogP contribution >= 0.6 is 0 Å². The summed E-state index contributed by atoms with van der Waals surface area (Å²) in [6.45, 7) is 5.96. The Hall–Kier alpha value is -0.0600. The van der Waals surface area contributed by atoms with Gasteiger partial charge < -0.3 is 9.47 Å². The molecule has 96 valence electrons. The molecule has 0 radical (unpaired) electrons. The molecule has 0 aromatic heterocycles. The van der Waals surface area contributed by atoms with Crippen molar-refractivity contribution in [1.29, 1.82) is 0 Å². The van der Waals surface area contributed by atoms with Crippen molar-refractivity contribution < 1.29 is 19.1 Å². The molecule has 0 saturated heterocycles. The molecule has 0 fully saturated rings. The molecule has 0 heterocycles. The first kappa shape index (κ1) is 19.3. The van der Waals surface area contributed by atoms with Gasteiger partial charge >= 0.3 is 41.5 Å². The van der Waals surface area contributed by atoms with Crippen LogP contribution in [-0.2, 0) is 19.1 Å². The zero-order valence-electron chi connectivity index (χ0n) is 10.5. The van der Waals surface area contributed by atoms with Gasteiger partial charge in [-0.2, -0.15) is 0 Å². The molecule has 0 N–H and O–H groups in total. The molecular formula is C12H23NaO4. The maximum atomic E-state index is 11.2. The Labute approximate surface area is 126 Å². The van der Waals surface area contributed by atoms with E-state index in [1.807, 2.05) is 0 Å². The van der Waals surface area contributed by atoms with Crippen LogP contribution in [0.1, 0.15) is 46.5 Å². The number of carbonyl (C=O) groups is 2. The quantitative estimate of drug-likeness (QED) is 0.375. The summed E-state index contributed by atoms with van der Waals surface area (Å²) in [5, 5.41) is 0. The van der Waals surface area contributed by atoms with Crippen molar-refractivity contribution in [2.45, 2.75) is 46.5 Å². The first-order valence-electron chi connectivity index (χ1n) is 5.81. The predicted octanol–water partition coefficient (Wildman–Crippen LogP) is 1.66. The number of ether oxygens (including phenoxy) is 2. The van der Waals surface area contributed by atoms with Crippen molar-refractivity contribution in [3.8, 4) is 0 Å². The maximum absolute atomic E-state index is 11.2. The molecule has 17 heavy (non-hydrogen) atoms. The fraction of sp³-hybridized carbons (Fsp3) is 0.833. The van der Waals surface area contributed by atoms with Gasteiger partial charge in [-0.1, -0.05) is 26.7 Å². The molecule has 0 bridgehead atoms. The molecule has 4 nitrogen and oxygen atoms in total. The van der Waals surface area contributed by atoms with E-state index in [1.54, 1.807) is 0 Å². The molecule has 0 aliphatic rings. The van der Waals surface area contributed by atoms with Crippen LogP contribution in [0.25, 0.3) is 0 Å². The average molecular weight is 254 g/mol. The van der Waals surface area contributed by atoms with E-state index in [4.69, 9.17) is 4.74 Å². The molecule has 0 rings (SSSR count). The average Bonchev–Trinajstić information content (AvgIpc) is 2.19. The van der Waals surface area contributed by atoms with Crippen molar-refractivity contribution >= 4 is 41.5 Å². The van der Waals surface area contributed by atoms with E-state index >= 15 is 0 Å². The summed E-state index contributed by atoms with van der Waals surface area (Å²) in [4.78, 5) is 21.6. The molecule has 0 aromatic carbocycles. The van der Waals surface area contributed by atoms with E-state index in [0.29, 0.717) is 12.3 Å². The zero-order chi connectivity index (χ0) is 12.4. The van der Waals surface area contributed by atoms with Gasteiger partial charge in [0.1, 0.15) is 13.2 Å². The van der Waals surface area contributed by atoms with Gasteiger partial charge in [0.05, 0.1) is 0 Å².